The predicted molar refractivity (Wildman–Crippen MR) is 107 cm³/mol. The van der Waals surface area contributed by atoms with Gasteiger partial charge in [0.2, 0.25) is 11.7 Å². The van der Waals surface area contributed by atoms with E-state index in [9.17, 15) is 14.4 Å². The van der Waals surface area contributed by atoms with Gasteiger partial charge in [0.25, 0.3) is 5.91 Å². The van der Waals surface area contributed by atoms with Crippen molar-refractivity contribution in [2.75, 3.05) is 45.8 Å². The Morgan fingerprint density at radius 1 is 1.07 bits per heavy atom. The highest BCUT2D eigenvalue weighted by molar-refractivity contribution is 5.92. The zero-order valence-corrected chi connectivity index (χ0v) is 17.5. The number of urea groups is 1. The summed E-state index contributed by atoms with van der Waals surface area (Å²) in [5.41, 5.74) is 0.591. The van der Waals surface area contributed by atoms with Crippen LogP contribution in [0.4, 0.5) is 4.79 Å². The van der Waals surface area contributed by atoms with E-state index in [4.69, 9.17) is 4.42 Å². The molecule has 4 aliphatic heterocycles. The molecule has 4 amide bonds. The van der Waals surface area contributed by atoms with Gasteiger partial charge in [-0.15, -0.1) is 0 Å². The van der Waals surface area contributed by atoms with E-state index in [1.807, 2.05) is 9.80 Å². The average Bonchev–Trinajstić information content (AvgIpc) is 3.19. The summed E-state index contributed by atoms with van der Waals surface area (Å²) in [5, 5.41) is 0. The van der Waals surface area contributed by atoms with E-state index in [0.717, 1.165) is 38.9 Å². The molecule has 30 heavy (non-hydrogen) atoms. The molecule has 2 unspecified atom stereocenters. The Kier molecular flexibility index (Phi) is 4.91. The maximum atomic E-state index is 13.2. The standard InChI is InChI=1S/C21H29N5O4/c1-14-19(30-13-22-14)20(28)23-5-7-24(8-6-23)21(29)25-10-15-9-16(12-25)17-3-2-4-18(27)26(17)11-15/h13,15-17H,2-12H2,1H3/t15?,16?,17-/m1/s1. The van der Waals surface area contributed by atoms with Crippen molar-refractivity contribution in [1.82, 2.24) is 24.6 Å². The van der Waals surface area contributed by atoms with Gasteiger partial charge >= 0.3 is 6.03 Å². The molecule has 4 aliphatic rings. The van der Waals surface area contributed by atoms with Crippen molar-refractivity contribution in [3.8, 4) is 0 Å². The minimum Gasteiger partial charge on any atom is -0.438 e. The molecule has 162 valence electrons. The zero-order chi connectivity index (χ0) is 20.8. The molecule has 0 N–H and O–H groups in total. The summed E-state index contributed by atoms with van der Waals surface area (Å²) in [4.78, 5) is 49.8. The van der Waals surface area contributed by atoms with E-state index in [2.05, 4.69) is 9.88 Å². The van der Waals surface area contributed by atoms with Crippen molar-refractivity contribution in [2.45, 2.75) is 38.6 Å². The second-order valence-corrected chi connectivity index (χ2v) is 9.10. The van der Waals surface area contributed by atoms with E-state index in [1.54, 1.807) is 11.8 Å². The molecule has 4 fully saturated rings. The third-order valence-corrected chi connectivity index (χ3v) is 7.23. The van der Waals surface area contributed by atoms with Gasteiger partial charge in [-0.3, -0.25) is 9.59 Å². The Hall–Kier alpha value is -2.58. The van der Waals surface area contributed by atoms with Crippen LogP contribution in [0.25, 0.3) is 0 Å². The molecule has 2 bridgehead atoms. The molecule has 9 heteroatoms. The van der Waals surface area contributed by atoms with Crippen LogP contribution < -0.4 is 0 Å². The highest BCUT2D eigenvalue weighted by atomic mass is 16.3. The molecule has 4 saturated heterocycles. The number of hydrogen-bond acceptors (Lipinski definition) is 5. The zero-order valence-electron chi connectivity index (χ0n) is 17.5. The number of carbonyl (C=O) groups excluding carboxylic acids is 3. The van der Waals surface area contributed by atoms with E-state index in [1.165, 1.54) is 6.39 Å². The molecule has 0 aliphatic carbocycles. The van der Waals surface area contributed by atoms with Crippen LogP contribution in [-0.2, 0) is 4.79 Å². The number of nitrogens with zero attached hydrogens (tertiary/aromatic N) is 5. The summed E-state index contributed by atoms with van der Waals surface area (Å²) in [6, 6.07) is 0.376. The molecule has 5 rings (SSSR count). The molecule has 1 aromatic heterocycles. The van der Waals surface area contributed by atoms with Gasteiger partial charge in [-0.2, -0.15) is 0 Å². The number of piperidine rings is 3. The van der Waals surface area contributed by atoms with Crippen LogP contribution in [0, 0.1) is 18.8 Å². The van der Waals surface area contributed by atoms with Crippen molar-refractivity contribution in [3.63, 3.8) is 0 Å². The smallest absolute Gasteiger partial charge is 0.320 e. The minimum atomic E-state index is -0.160. The van der Waals surface area contributed by atoms with Gasteiger partial charge in [-0.05, 0) is 38.0 Å². The summed E-state index contributed by atoms with van der Waals surface area (Å²) in [6.07, 6.45) is 5.12. The number of hydrogen-bond donors (Lipinski definition) is 0. The van der Waals surface area contributed by atoms with Crippen LogP contribution in [0.15, 0.2) is 10.8 Å². The second-order valence-electron chi connectivity index (χ2n) is 9.10. The van der Waals surface area contributed by atoms with Gasteiger partial charge in [0, 0.05) is 58.3 Å². The molecular formula is C21H29N5O4. The fraction of sp³-hybridized carbons (Fsp3) is 0.714. The molecule has 3 atom stereocenters. The third-order valence-electron chi connectivity index (χ3n) is 7.23. The molecule has 1 aromatic rings. The summed E-state index contributed by atoms with van der Waals surface area (Å²) in [6.45, 7) is 6.05. The number of rotatable bonds is 1. The monoisotopic (exact) mass is 415 g/mol. The first-order valence-electron chi connectivity index (χ1n) is 11.0. The normalized spacial score (nSPS) is 29.1. The van der Waals surface area contributed by atoms with Crippen LogP contribution in [0.2, 0.25) is 0 Å². The number of carbonyl (C=O) groups is 3. The number of likely N-dealkylation sites (tertiary alicyclic amines) is 1. The lowest BCUT2D eigenvalue weighted by Crippen LogP contribution is -2.63. The van der Waals surface area contributed by atoms with Gasteiger partial charge < -0.3 is 24.0 Å². The van der Waals surface area contributed by atoms with Crippen molar-refractivity contribution in [2.24, 2.45) is 11.8 Å². The topological polar surface area (TPSA) is 90.2 Å². The Labute approximate surface area is 176 Å². The van der Waals surface area contributed by atoms with Crippen LogP contribution in [0.5, 0.6) is 0 Å². The number of piperazine rings is 1. The summed E-state index contributed by atoms with van der Waals surface area (Å²) < 4.78 is 5.22. The lowest BCUT2D eigenvalue weighted by atomic mass is 9.76. The maximum absolute atomic E-state index is 13.2. The second kappa shape index (κ2) is 7.59. The lowest BCUT2D eigenvalue weighted by Gasteiger charge is -2.53. The fourth-order valence-corrected chi connectivity index (χ4v) is 5.72. The van der Waals surface area contributed by atoms with Crippen molar-refractivity contribution >= 4 is 17.8 Å². The molecule has 5 heterocycles. The van der Waals surface area contributed by atoms with Gasteiger partial charge in [0.05, 0.1) is 5.69 Å². The van der Waals surface area contributed by atoms with Crippen molar-refractivity contribution in [1.29, 1.82) is 0 Å². The summed E-state index contributed by atoms with van der Waals surface area (Å²) in [7, 11) is 0. The first-order valence-corrected chi connectivity index (χ1v) is 11.0. The van der Waals surface area contributed by atoms with Gasteiger partial charge in [0.1, 0.15) is 0 Å². The van der Waals surface area contributed by atoms with E-state index in [0.29, 0.717) is 62.1 Å². The number of aryl methyl sites for hydroxylation is 1. The van der Waals surface area contributed by atoms with Crippen molar-refractivity contribution in [3.05, 3.63) is 17.8 Å². The molecule has 0 saturated carbocycles. The van der Waals surface area contributed by atoms with E-state index < -0.39 is 0 Å². The Bertz CT molecular complexity index is 846. The van der Waals surface area contributed by atoms with Crippen LogP contribution >= 0.6 is 0 Å². The average molecular weight is 415 g/mol. The highest BCUT2D eigenvalue weighted by Gasteiger charge is 2.45. The van der Waals surface area contributed by atoms with Crippen LogP contribution in [-0.4, -0.2) is 94.3 Å². The Morgan fingerprint density at radius 3 is 2.57 bits per heavy atom. The van der Waals surface area contributed by atoms with Gasteiger partial charge in [-0.1, -0.05) is 0 Å². The molecule has 0 spiro atoms. The van der Waals surface area contributed by atoms with Gasteiger partial charge in [0.15, 0.2) is 6.39 Å². The fourth-order valence-electron chi connectivity index (χ4n) is 5.72. The largest absolute Gasteiger partial charge is 0.438 e. The first-order chi connectivity index (χ1) is 14.5. The molecular weight excluding hydrogens is 386 g/mol. The number of fused-ring (bicyclic) bond motifs is 4. The minimum absolute atomic E-state index is 0.0724. The number of aromatic nitrogens is 1. The van der Waals surface area contributed by atoms with E-state index in [-0.39, 0.29) is 17.7 Å². The summed E-state index contributed by atoms with van der Waals surface area (Å²) in [5.74, 6) is 1.19. The predicted octanol–water partition coefficient (Wildman–Crippen LogP) is 1.19. The maximum Gasteiger partial charge on any atom is 0.320 e. The highest BCUT2D eigenvalue weighted by Crippen LogP contribution is 2.38. The number of amides is 4. The van der Waals surface area contributed by atoms with Crippen LogP contribution in [0.3, 0.4) is 0 Å². The van der Waals surface area contributed by atoms with Crippen molar-refractivity contribution < 1.29 is 18.8 Å². The lowest BCUT2D eigenvalue weighted by molar-refractivity contribution is -0.144. The van der Waals surface area contributed by atoms with Gasteiger partial charge in [-0.25, -0.2) is 9.78 Å². The molecule has 0 radical (unpaired) electrons. The third kappa shape index (κ3) is 3.33. The quantitative estimate of drug-likeness (QED) is 0.687. The number of oxazole rings is 1. The summed E-state index contributed by atoms with van der Waals surface area (Å²) >= 11 is 0. The SMILES string of the molecule is Cc1ncoc1C(=O)N1CCN(C(=O)N2CC3CC(C2)[C@H]2CCCC(=O)N2C3)CC1. The van der Waals surface area contributed by atoms with Crippen LogP contribution in [0.1, 0.15) is 41.9 Å². The Morgan fingerprint density at radius 2 is 1.83 bits per heavy atom. The first kappa shape index (κ1) is 19.4. The van der Waals surface area contributed by atoms with E-state index >= 15 is 0 Å². The molecule has 9 nitrogen and oxygen atoms in total. The Balaban J connectivity index is 1.19. The molecule has 0 aromatic carbocycles.